The highest BCUT2D eigenvalue weighted by molar-refractivity contribution is 5.87. The summed E-state index contributed by atoms with van der Waals surface area (Å²) >= 11 is 0. The normalized spacial score (nSPS) is 25.0. The minimum atomic E-state index is -0.235. The average molecular weight is 567 g/mol. The van der Waals surface area contributed by atoms with Gasteiger partial charge in [-0.05, 0) is 97.1 Å². The Bertz CT molecular complexity index is 1280. The van der Waals surface area contributed by atoms with Crippen molar-refractivity contribution in [2.24, 2.45) is 11.8 Å². The van der Waals surface area contributed by atoms with Crippen LogP contribution in [0.25, 0.3) is 0 Å². The van der Waals surface area contributed by atoms with Gasteiger partial charge in [-0.25, -0.2) is 0 Å². The molecule has 6 atom stereocenters. The third kappa shape index (κ3) is 5.10. The van der Waals surface area contributed by atoms with Crippen molar-refractivity contribution in [3.63, 3.8) is 0 Å². The minimum Gasteiger partial charge on any atom is -0.497 e. The molecule has 2 aliphatic rings. The lowest BCUT2D eigenvalue weighted by Gasteiger charge is -2.47. The number of nitrogens with two attached hydrogens (primary N) is 2. The first-order valence-electron chi connectivity index (χ1n) is 14.3. The van der Waals surface area contributed by atoms with Crippen LogP contribution in [0, 0.1) is 11.8 Å². The zero-order valence-corrected chi connectivity index (χ0v) is 24.4. The van der Waals surface area contributed by atoms with Crippen molar-refractivity contribution in [3.05, 3.63) is 119 Å². The number of methoxy groups -OCH3 is 4. The van der Waals surface area contributed by atoms with Gasteiger partial charge in [0.1, 0.15) is 59.0 Å². The van der Waals surface area contributed by atoms with Gasteiger partial charge in [0, 0.05) is 22.3 Å². The van der Waals surface area contributed by atoms with Crippen LogP contribution < -0.4 is 29.6 Å². The van der Waals surface area contributed by atoms with Gasteiger partial charge < -0.3 is 29.6 Å². The minimum absolute atomic E-state index is 0.0769. The number of ketones is 1. The van der Waals surface area contributed by atoms with E-state index in [1.807, 2.05) is 48.5 Å². The molecule has 4 aromatic carbocycles. The van der Waals surface area contributed by atoms with E-state index in [1.54, 1.807) is 28.4 Å². The summed E-state index contributed by atoms with van der Waals surface area (Å²) in [5.41, 5.74) is 4.45. The number of hydrogen-bond donors (Lipinski definition) is 2. The second-order valence-electron chi connectivity index (χ2n) is 11.0. The summed E-state index contributed by atoms with van der Waals surface area (Å²) in [7, 11) is 6.69. The molecule has 6 rings (SSSR count). The Kier molecular flexibility index (Phi) is 7.87. The molecule has 0 aromatic heterocycles. The molecule has 7 heteroatoms. The van der Waals surface area contributed by atoms with Crippen LogP contribution in [-0.4, -0.2) is 34.2 Å². The lowest BCUT2D eigenvalue weighted by Crippen LogP contribution is -3.02. The second kappa shape index (κ2) is 11.9. The van der Waals surface area contributed by atoms with Crippen LogP contribution in [0.3, 0.4) is 0 Å². The van der Waals surface area contributed by atoms with E-state index in [2.05, 4.69) is 59.2 Å². The number of carbonyl (C=O) groups excluding carboxylic acids is 1. The van der Waals surface area contributed by atoms with Crippen LogP contribution in [0.2, 0.25) is 0 Å². The summed E-state index contributed by atoms with van der Waals surface area (Å²) in [6, 6.07) is 32.3. The SMILES string of the molecule is COc1ccc([C@H]2[NH2+][C@H](c3ccc(OC)cc3)C3C(=O)C2[C@@H](c2ccc(OC)cc2)[NH2+][C@H]3c2ccc(OC)cc2)cc1. The Balaban J connectivity index is 1.49. The van der Waals surface area contributed by atoms with Gasteiger partial charge in [-0.3, -0.25) is 4.79 Å². The van der Waals surface area contributed by atoms with Gasteiger partial charge in [0.25, 0.3) is 0 Å². The summed E-state index contributed by atoms with van der Waals surface area (Å²) in [5.74, 6) is 3.02. The molecule has 2 heterocycles. The van der Waals surface area contributed by atoms with Crippen molar-refractivity contribution in [1.29, 1.82) is 0 Å². The maximum absolute atomic E-state index is 14.9. The van der Waals surface area contributed by atoms with Crippen molar-refractivity contribution < 1.29 is 34.4 Å². The highest BCUT2D eigenvalue weighted by Gasteiger charge is 2.60. The van der Waals surface area contributed by atoms with Crippen LogP contribution in [-0.2, 0) is 4.79 Å². The summed E-state index contributed by atoms with van der Waals surface area (Å²) in [4.78, 5) is 14.9. The summed E-state index contributed by atoms with van der Waals surface area (Å²) in [5, 5.41) is 4.83. The highest BCUT2D eigenvalue weighted by atomic mass is 16.5. The predicted molar refractivity (Wildman–Crippen MR) is 159 cm³/mol. The van der Waals surface area contributed by atoms with Crippen molar-refractivity contribution >= 4 is 5.78 Å². The van der Waals surface area contributed by atoms with Gasteiger partial charge in [0.05, 0.1) is 28.4 Å². The van der Waals surface area contributed by atoms with E-state index in [9.17, 15) is 4.79 Å². The number of quaternary nitrogens is 2. The number of benzene rings is 4. The Hall–Kier alpha value is -4.33. The topological polar surface area (TPSA) is 87.2 Å². The van der Waals surface area contributed by atoms with E-state index in [-0.39, 0.29) is 36.0 Å². The first-order chi connectivity index (χ1) is 20.5. The second-order valence-corrected chi connectivity index (χ2v) is 11.0. The molecule has 0 spiro atoms. The standard InChI is InChI=1S/C35H36N2O5/c1-39-25-13-5-21(6-14-25)31-29-32(22-7-15-26(40-2)16-8-22)37-34(24-11-19-28(42-4)20-12-24)30(35(29)38)33(36-31)23-9-17-27(41-3)18-10-23/h5-20,29-34,36-37H,1-4H3/p+2/t29?,30?,31-,32-,33-,34+/m1/s1. The van der Waals surface area contributed by atoms with Crippen LogP contribution in [0.15, 0.2) is 97.1 Å². The van der Waals surface area contributed by atoms with Crippen molar-refractivity contribution in [2.45, 2.75) is 24.2 Å². The number of carbonyl (C=O) groups is 1. The van der Waals surface area contributed by atoms with E-state index in [0.717, 1.165) is 45.3 Å². The van der Waals surface area contributed by atoms with Crippen molar-refractivity contribution in [3.8, 4) is 23.0 Å². The van der Waals surface area contributed by atoms with Gasteiger partial charge in [-0.1, -0.05) is 0 Å². The van der Waals surface area contributed by atoms with Gasteiger partial charge in [-0.15, -0.1) is 0 Å². The zero-order chi connectivity index (χ0) is 29.2. The molecule has 2 fully saturated rings. The van der Waals surface area contributed by atoms with E-state index < -0.39 is 0 Å². The van der Waals surface area contributed by atoms with Crippen LogP contribution in [0.5, 0.6) is 23.0 Å². The van der Waals surface area contributed by atoms with E-state index in [4.69, 9.17) is 18.9 Å². The largest absolute Gasteiger partial charge is 0.497 e. The number of rotatable bonds is 8. The van der Waals surface area contributed by atoms with Crippen LogP contribution >= 0.6 is 0 Å². The molecular formula is C35H38N2O5+2. The molecule has 4 aromatic rings. The first-order valence-corrected chi connectivity index (χ1v) is 14.3. The smallest absolute Gasteiger partial charge is 0.164 e. The Morgan fingerprint density at radius 1 is 0.405 bits per heavy atom. The number of hydrogen-bond acceptors (Lipinski definition) is 5. The number of ether oxygens (including phenoxy) is 4. The molecule has 42 heavy (non-hydrogen) atoms. The molecule has 0 amide bonds. The third-order valence-electron chi connectivity index (χ3n) is 9.04. The first kappa shape index (κ1) is 27.8. The molecule has 4 N–H and O–H groups in total. The molecular weight excluding hydrogens is 528 g/mol. The number of Topliss-reactive ketones (excluding diaryl/α,β-unsaturated/α-hetero) is 1. The fraction of sp³-hybridized carbons (Fsp3) is 0.286. The molecule has 0 saturated carbocycles. The fourth-order valence-corrected chi connectivity index (χ4v) is 6.88. The van der Waals surface area contributed by atoms with Crippen molar-refractivity contribution in [2.75, 3.05) is 28.4 Å². The summed E-state index contributed by atoms with van der Waals surface area (Å²) in [6.45, 7) is 0. The molecule has 2 saturated heterocycles. The van der Waals surface area contributed by atoms with Crippen LogP contribution in [0.4, 0.5) is 0 Å². The zero-order valence-electron chi connectivity index (χ0n) is 24.4. The van der Waals surface area contributed by atoms with Crippen molar-refractivity contribution in [1.82, 2.24) is 0 Å². The Morgan fingerprint density at radius 3 is 0.810 bits per heavy atom. The van der Waals surface area contributed by atoms with Crippen LogP contribution in [0.1, 0.15) is 46.4 Å². The molecule has 0 radical (unpaired) electrons. The monoisotopic (exact) mass is 566 g/mol. The quantitative estimate of drug-likeness (QED) is 0.338. The molecule has 0 aliphatic carbocycles. The van der Waals surface area contributed by atoms with E-state index in [1.165, 1.54) is 0 Å². The lowest BCUT2D eigenvalue weighted by atomic mass is 9.64. The maximum Gasteiger partial charge on any atom is 0.164 e. The lowest BCUT2D eigenvalue weighted by molar-refractivity contribution is -0.815. The maximum atomic E-state index is 14.9. The van der Waals surface area contributed by atoms with Gasteiger partial charge in [0.2, 0.25) is 0 Å². The Labute approximate surface area is 246 Å². The van der Waals surface area contributed by atoms with Gasteiger partial charge in [0.15, 0.2) is 5.78 Å². The highest BCUT2D eigenvalue weighted by Crippen LogP contribution is 2.46. The molecule has 216 valence electrons. The molecule has 2 bridgehead atoms. The summed E-state index contributed by atoms with van der Waals surface area (Å²) < 4.78 is 21.8. The van der Waals surface area contributed by atoms with Gasteiger partial charge >= 0.3 is 0 Å². The number of fused-ring (bicyclic) bond motifs is 2. The third-order valence-corrected chi connectivity index (χ3v) is 9.04. The summed E-state index contributed by atoms with van der Waals surface area (Å²) in [6.07, 6.45) is 0. The fourth-order valence-electron chi connectivity index (χ4n) is 6.88. The van der Waals surface area contributed by atoms with E-state index >= 15 is 0 Å². The average Bonchev–Trinajstić information content (AvgIpc) is 3.05. The van der Waals surface area contributed by atoms with Gasteiger partial charge in [-0.2, -0.15) is 0 Å². The number of piperidine rings is 2. The predicted octanol–water partition coefficient (Wildman–Crippen LogP) is 3.94. The molecule has 2 unspecified atom stereocenters. The molecule has 2 aliphatic heterocycles. The van der Waals surface area contributed by atoms with E-state index in [0.29, 0.717) is 5.78 Å². The molecule has 7 nitrogen and oxygen atoms in total. The Morgan fingerprint density at radius 2 is 0.619 bits per heavy atom.